The lowest BCUT2D eigenvalue weighted by atomic mass is 9.95. The number of hydrogen-bond donors (Lipinski definition) is 3. The topological polar surface area (TPSA) is 101 Å². The van der Waals surface area contributed by atoms with Gasteiger partial charge in [-0.15, -0.1) is 0 Å². The number of pyridine rings is 3. The van der Waals surface area contributed by atoms with Crippen LogP contribution in [0.2, 0.25) is 0 Å². The van der Waals surface area contributed by atoms with E-state index in [0.717, 1.165) is 17.1 Å². The minimum Gasteiger partial charge on any atom is -0.397 e. The first-order valence-corrected chi connectivity index (χ1v) is 9.69. The number of nitrogens with two attached hydrogens (primary N) is 1. The maximum absolute atomic E-state index is 8.67. The molecule has 0 unspecified atom stereocenters. The molecule has 1 aliphatic rings. The molecule has 0 bridgehead atoms. The van der Waals surface area contributed by atoms with Crippen LogP contribution in [0.1, 0.15) is 43.4 Å². The third-order valence-corrected chi connectivity index (χ3v) is 5.12. The van der Waals surface area contributed by atoms with Crippen LogP contribution < -0.4 is 11.1 Å². The molecular formula is C22H24N6. The van der Waals surface area contributed by atoms with Gasteiger partial charge >= 0.3 is 0 Å². The van der Waals surface area contributed by atoms with Gasteiger partial charge in [-0.2, -0.15) is 0 Å². The maximum atomic E-state index is 8.67. The van der Waals surface area contributed by atoms with Crippen molar-refractivity contribution in [1.82, 2.24) is 15.0 Å². The molecule has 0 saturated heterocycles. The number of hydrogen-bond acceptors (Lipinski definition) is 6. The van der Waals surface area contributed by atoms with Gasteiger partial charge in [-0.3, -0.25) is 15.4 Å². The van der Waals surface area contributed by atoms with Gasteiger partial charge in [0.05, 0.1) is 29.0 Å². The van der Waals surface area contributed by atoms with Gasteiger partial charge in [-0.25, -0.2) is 4.98 Å². The van der Waals surface area contributed by atoms with Crippen LogP contribution in [-0.4, -0.2) is 26.7 Å². The summed E-state index contributed by atoms with van der Waals surface area (Å²) < 4.78 is 0. The van der Waals surface area contributed by atoms with Crippen molar-refractivity contribution >= 4 is 17.2 Å². The zero-order valence-electron chi connectivity index (χ0n) is 15.7. The molecule has 6 nitrogen and oxygen atoms in total. The molecule has 0 atom stereocenters. The molecule has 1 fully saturated rings. The van der Waals surface area contributed by atoms with Gasteiger partial charge in [0.15, 0.2) is 0 Å². The van der Waals surface area contributed by atoms with Gasteiger partial charge in [0, 0.05) is 29.6 Å². The van der Waals surface area contributed by atoms with Gasteiger partial charge in [0.2, 0.25) is 0 Å². The fraction of sp³-hybridized carbons (Fsp3) is 0.273. The minimum absolute atomic E-state index is 0.289. The zero-order valence-corrected chi connectivity index (χ0v) is 15.7. The highest BCUT2D eigenvalue weighted by Crippen LogP contribution is 2.24. The lowest BCUT2D eigenvalue weighted by molar-refractivity contribution is 0.462. The second-order valence-electron chi connectivity index (χ2n) is 7.16. The van der Waals surface area contributed by atoms with Crippen molar-refractivity contribution < 1.29 is 0 Å². The number of nitrogens with zero attached hydrogens (tertiary/aromatic N) is 3. The fourth-order valence-electron chi connectivity index (χ4n) is 3.60. The van der Waals surface area contributed by atoms with Crippen LogP contribution in [0.3, 0.4) is 0 Å². The molecule has 3 aromatic rings. The van der Waals surface area contributed by atoms with Gasteiger partial charge in [-0.05, 0) is 43.2 Å². The highest BCUT2D eigenvalue weighted by atomic mass is 15.0. The van der Waals surface area contributed by atoms with Crippen molar-refractivity contribution in [3.05, 3.63) is 66.2 Å². The third kappa shape index (κ3) is 4.01. The van der Waals surface area contributed by atoms with Gasteiger partial charge in [-0.1, -0.05) is 25.3 Å². The summed E-state index contributed by atoms with van der Waals surface area (Å²) >= 11 is 0. The summed E-state index contributed by atoms with van der Waals surface area (Å²) in [6, 6.07) is 11.8. The largest absolute Gasteiger partial charge is 0.397 e. The first-order valence-electron chi connectivity index (χ1n) is 9.69. The Morgan fingerprint density at radius 1 is 1.07 bits per heavy atom. The SMILES string of the molecule is N=C(c1cccc(NC2CCCCC2)n1)c1cc(-c2cccnc2)ncc1N. The summed E-state index contributed by atoms with van der Waals surface area (Å²) in [6.45, 7) is 0. The molecule has 1 saturated carbocycles. The molecule has 0 spiro atoms. The molecule has 3 aromatic heterocycles. The van der Waals surface area contributed by atoms with Gasteiger partial charge < -0.3 is 11.1 Å². The summed E-state index contributed by atoms with van der Waals surface area (Å²) in [5.74, 6) is 0.814. The number of nitrogens with one attached hydrogen (secondary N) is 2. The van der Waals surface area contributed by atoms with E-state index in [1.807, 2.05) is 36.4 Å². The molecular weight excluding hydrogens is 348 g/mol. The molecule has 28 heavy (non-hydrogen) atoms. The molecule has 4 N–H and O–H groups in total. The summed E-state index contributed by atoms with van der Waals surface area (Å²) in [4.78, 5) is 13.2. The second kappa shape index (κ2) is 8.17. The van der Waals surface area contributed by atoms with Crippen LogP contribution in [0.4, 0.5) is 11.5 Å². The first kappa shape index (κ1) is 18.1. The van der Waals surface area contributed by atoms with E-state index in [0.29, 0.717) is 23.0 Å². The van der Waals surface area contributed by atoms with E-state index in [1.54, 1.807) is 18.6 Å². The van der Waals surface area contributed by atoms with E-state index in [9.17, 15) is 0 Å². The number of nitrogen functional groups attached to an aromatic ring is 1. The normalized spacial score (nSPS) is 14.6. The number of rotatable bonds is 5. The quantitative estimate of drug-likeness (QED) is 0.580. The van der Waals surface area contributed by atoms with Crippen LogP contribution in [0, 0.1) is 5.41 Å². The Morgan fingerprint density at radius 3 is 2.71 bits per heavy atom. The van der Waals surface area contributed by atoms with E-state index in [4.69, 9.17) is 11.1 Å². The molecule has 0 amide bonds. The van der Waals surface area contributed by atoms with Crippen LogP contribution in [-0.2, 0) is 0 Å². The molecule has 0 aromatic carbocycles. The van der Waals surface area contributed by atoms with Crippen molar-refractivity contribution in [2.45, 2.75) is 38.1 Å². The van der Waals surface area contributed by atoms with Crippen molar-refractivity contribution in [2.24, 2.45) is 0 Å². The Kier molecular flexibility index (Phi) is 5.28. The smallest absolute Gasteiger partial charge is 0.126 e. The van der Waals surface area contributed by atoms with Crippen LogP contribution in [0.25, 0.3) is 11.3 Å². The van der Waals surface area contributed by atoms with E-state index in [-0.39, 0.29) is 5.71 Å². The summed E-state index contributed by atoms with van der Waals surface area (Å²) in [6.07, 6.45) is 11.3. The second-order valence-corrected chi connectivity index (χ2v) is 7.16. The average Bonchev–Trinajstić information content (AvgIpc) is 2.75. The highest BCUT2D eigenvalue weighted by Gasteiger charge is 2.16. The monoisotopic (exact) mass is 372 g/mol. The third-order valence-electron chi connectivity index (χ3n) is 5.12. The predicted molar refractivity (Wildman–Crippen MR) is 113 cm³/mol. The van der Waals surface area contributed by atoms with Crippen LogP contribution >= 0.6 is 0 Å². The van der Waals surface area contributed by atoms with E-state index >= 15 is 0 Å². The Balaban J connectivity index is 1.60. The van der Waals surface area contributed by atoms with Crippen LogP contribution in [0.15, 0.2) is 55.0 Å². The Labute approximate surface area is 164 Å². The van der Waals surface area contributed by atoms with Crippen molar-refractivity contribution in [2.75, 3.05) is 11.1 Å². The maximum Gasteiger partial charge on any atom is 0.126 e. The molecule has 6 heteroatoms. The van der Waals surface area contributed by atoms with Crippen molar-refractivity contribution in [3.8, 4) is 11.3 Å². The standard InChI is InChI=1S/C22H24N6/c23-18-14-26-20(15-6-5-11-25-13-15)12-17(18)22(24)19-9-4-10-21(28-19)27-16-7-2-1-3-8-16/h4-6,9-14,16,24H,1-3,7-8,23H2,(H,27,28). The fourth-order valence-corrected chi connectivity index (χ4v) is 3.60. The molecule has 0 aliphatic heterocycles. The molecule has 4 rings (SSSR count). The van der Waals surface area contributed by atoms with E-state index in [2.05, 4.69) is 20.3 Å². The Bertz CT molecular complexity index is 964. The average molecular weight is 372 g/mol. The predicted octanol–water partition coefficient (Wildman–Crippen LogP) is 4.28. The van der Waals surface area contributed by atoms with Gasteiger partial charge in [0.1, 0.15) is 5.82 Å². The summed E-state index contributed by atoms with van der Waals surface area (Å²) in [5.41, 5.74) is 9.72. The lowest BCUT2D eigenvalue weighted by Gasteiger charge is -2.23. The molecule has 142 valence electrons. The minimum atomic E-state index is 0.289. The zero-order chi connectivity index (χ0) is 19.3. The summed E-state index contributed by atoms with van der Waals surface area (Å²) in [7, 11) is 0. The lowest BCUT2D eigenvalue weighted by Crippen LogP contribution is -2.23. The van der Waals surface area contributed by atoms with E-state index < -0.39 is 0 Å². The highest BCUT2D eigenvalue weighted by molar-refractivity contribution is 6.13. The Morgan fingerprint density at radius 2 is 1.93 bits per heavy atom. The summed E-state index contributed by atoms with van der Waals surface area (Å²) in [5, 5.41) is 12.2. The molecule has 0 radical (unpaired) electrons. The first-order chi connectivity index (χ1) is 13.7. The van der Waals surface area contributed by atoms with Crippen LogP contribution in [0.5, 0.6) is 0 Å². The van der Waals surface area contributed by atoms with E-state index in [1.165, 1.54) is 32.1 Å². The van der Waals surface area contributed by atoms with Gasteiger partial charge in [0.25, 0.3) is 0 Å². The van der Waals surface area contributed by atoms with Crippen molar-refractivity contribution in [1.29, 1.82) is 5.41 Å². The molecule has 1 aliphatic carbocycles. The molecule has 3 heterocycles. The number of anilines is 2. The number of aromatic nitrogens is 3. The Hall–Kier alpha value is -3.28. The van der Waals surface area contributed by atoms with Crippen molar-refractivity contribution in [3.63, 3.8) is 0 Å².